The van der Waals surface area contributed by atoms with Crippen LogP contribution in [-0.4, -0.2) is 30.3 Å². The molecule has 0 aliphatic heterocycles. The standard InChI is InChI=1S/C10H20ClNOS/c1-9(8-11)4-3-6-12-10(13)5-7-14-2/h9H,3-8H2,1-2H3,(H,12,13). The van der Waals surface area contributed by atoms with Crippen molar-refractivity contribution in [3.63, 3.8) is 0 Å². The molecule has 0 spiro atoms. The molecule has 0 radical (unpaired) electrons. The smallest absolute Gasteiger partial charge is 0.220 e. The molecule has 0 aromatic heterocycles. The molecule has 0 aromatic carbocycles. The Morgan fingerprint density at radius 3 is 2.86 bits per heavy atom. The van der Waals surface area contributed by atoms with E-state index in [1.54, 1.807) is 11.8 Å². The predicted octanol–water partition coefficient (Wildman–Crippen LogP) is 2.51. The normalized spacial score (nSPS) is 12.5. The summed E-state index contributed by atoms with van der Waals surface area (Å²) in [4.78, 5) is 11.2. The number of amides is 1. The maximum absolute atomic E-state index is 11.2. The molecule has 4 heteroatoms. The first-order valence-corrected chi connectivity index (χ1v) is 6.95. The molecule has 2 nitrogen and oxygen atoms in total. The Hall–Kier alpha value is 0.110. The van der Waals surface area contributed by atoms with Gasteiger partial charge >= 0.3 is 0 Å². The second-order valence-electron chi connectivity index (χ2n) is 3.49. The molecule has 84 valence electrons. The summed E-state index contributed by atoms with van der Waals surface area (Å²) >= 11 is 7.37. The number of halogens is 1. The average molecular weight is 238 g/mol. The van der Waals surface area contributed by atoms with Gasteiger partial charge in [-0.05, 0) is 25.0 Å². The van der Waals surface area contributed by atoms with Gasteiger partial charge in [-0.3, -0.25) is 4.79 Å². The first-order chi connectivity index (χ1) is 6.70. The largest absolute Gasteiger partial charge is 0.356 e. The highest BCUT2D eigenvalue weighted by Gasteiger charge is 2.01. The average Bonchev–Trinajstić information content (AvgIpc) is 2.21. The van der Waals surface area contributed by atoms with Crippen molar-refractivity contribution >= 4 is 29.3 Å². The Bertz CT molecular complexity index is 155. The molecule has 1 unspecified atom stereocenters. The molecule has 0 fully saturated rings. The lowest BCUT2D eigenvalue weighted by molar-refractivity contribution is -0.120. The van der Waals surface area contributed by atoms with Crippen molar-refractivity contribution in [1.82, 2.24) is 5.32 Å². The number of carbonyl (C=O) groups excluding carboxylic acids is 1. The zero-order chi connectivity index (χ0) is 10.8. The van der Waals surface area contributed by atoms with Crippen LogP contribution in [-0.2, 0) is 4.79 Å². The molecule has 0 bridgehead atoms. The maximum atomic E-state index is 11.2. The van der Waals surface area contributed by atoms with Gasteiger partial charge in [0.05, 0.1) is 0 Å². The van der Waals surface area contributed by atoms with Crippen LogP contribution >= 0.6 is 23.4 Å². The van der Waals surface area contributed by atoms with E-state index in [1.165, 1.54) is 0 Å². The van der Waals surface area contributed by atoms with Gasteiger partial charge in [-0.1, -0.05) is 6.92 Å². The topological polar surface area (TPSA) is 29.1 Å². The van der Waals surface area contributed by atoms with E-state index in [4.69, 9.17) is 11.6 Å². The van der Waals surface area contributed by atoms with Crippen LogP contribution in [0, 0.1) is 5.92 Å². The Labute approximate surface area is 96.2 Å². The third-order valence-corrected chi connectivity index (χ3v) is 3.13. The van der Waals surface area contributed by atoms with Crippen molar-refractivity contribution in [2.45, 2.75) is 26.2 Å². The van der Waals surface area contributed by atoms with E-state index in [0.29, 0.717) is 18.2 Å². The van der Waals surface area contributed by atoms with Crippen molar-refractivity contribution in [3.05, 3.63) is 0 Å². The summed E-state index contributed by atoms with van der Waals surface area (Å²) < 4.78 is 0. The van der Waals surface area contributed by atoms with E-state index in [9.17, 15) is 4.79 Å². The van der Waals surface area contributed by atoms with Gasteiger partial charge in [-0.15, -0.1) is 11.6 Å². The SMILES string of the molecule is CSCCC(=O)NCCCC(C)CCl. The van der Waals surface area contributed by atoms with Gasteiger partial charge in [0.15, 0.2) is 0 Å². The van der Waals surface area contributed by atoms with Crippen LogP contribution < -0.4 is 5.32 Å². The summed E-state index contributed by atoms with van der Waals surface area (Å²) in [6, 6.07) is 0. The fourth-order valence-electron chi connectivity index (χ4n) is 1.04. The van der Waals surface area contributed by atoms with Crippen molar-refractivity contribution in [1.29, 1.82) is 0 Å². The van der Waals surface area contributed by atoms with Crippen molar-refractivity contribution < 1.29 is 4.79 Å². The minimum atomic E-state index is 0.165. The van der Waals surface area contributed by atoms with E-state index in [0.717, 1.165) is 25.1 Å². The van der Waals surface area contributed by atoms with E-state index in [2.05, 4.69) is 12.2 Å². The molecule has 0 rings (SSSR count). The molecular formula is C10H20ClNOS. The Balaban J connectivity index is 3.22. The van der Waals surface area contributed by atoms with Crippen LogP contribution in [0.3, 0.4) is 0 Å². The van der Waals surface area contributed by atoms with Gasteiger partial charge in [0, 0.05) is 24.6 Å². The molecule has 1 atom stereocenters. The molecule has 0 saturated heterocycles. The van der Waals surface area contributed by atoms with E-state index < -0.39 is 0 Å². The number of hydrogen-bond acceptors (Lipinski definition) is 2. The van der Waals surface area contributed by atoms with Crippen LogP contribution in [0.5, 0.6) is 0 Å². The Kier molecular flexibility index (Phi) is 9.73. The molecule has 0 saturated carbocycles. The molecular weight excluding hydrogens is 218 g/mol. The lowest BCUT2D eigenvalue weighted by Gasteiger charge is -2.07. The number of carbonyl (C=O) groups is 1. The number of rotatable bonds is 8. The summed E-state index contributed by atoms with van der Waals surface area (Å²) in [5.41, 5.74) is 0. The van der Waals surface area contributed by atoms with Crippen molar-refractivity contribution in [3.8, 4) is 0 Å². The van der Waals surface area contributed by atoms with Crippen LogP contribution in [0.4, 0.5) is 0 Å². The summed E-state index contributed by atoms with van der Waals surface area (Å²) in [6.07, 6.45) is 4.76. The lowest BCUT2D eigenvalue weighted by Crippen LogP contribution is -2.25. The molecule has 14 heavy (non-hydrogen) atoms. The van der Waals surface area contributed by atoms with E-state index >= 15 is 0 Å². The Morgan fingerprint density at radius 1 is 1.57 bits per heavy atom. The highest BCUT2D eigenvalue weighted by Crippen LogP contribution is 2.06. The van der Waals surface area contributed by atoms with E-state index in [-0.39, 0.29) is 5.91 Å². The number of nitrogens with one attached hydrogen (secondary N) is 1. The lowest BCUT2D eigenvalue weighted by atomic mass is 10.1. The summed E-state index contributed by atoms with van der Waals surface area (Å²) in [6.45, 7) is 2.91. The van der Waals surface area contributed by atoms with E-state index in [1.807, 2.05) is 6.26 Å². The fourth-order valence-corrected chi connectivity index (χ4v) is 1.58. The molecule has 1 N–H and O–H groups in total. The highest BCUT2D eigenvalue weighted by molar-refractivity contribution is 7.98. The van der Waals surface area contributed by atoms with Gasteiger partial charge in [-0.25, -0.2) is 0 Å². The number of hydrogen-bond donors (Lipinski definition) is 1. The second-order valence-corrected chi connectivity index (χ2v) is 4.79. The number of thioether (sulfide) groups is 1. The summed E-state index contributed by atoms with van der Waals surface area (Å²) in [5, 5.41) is 2.90. The molecule has 0 aliphatic rings. The van der Waals surface area contributed by atoms with Gasteiger partial charge in [0.1, 0.15) is 0 Å². The third-order valence-electron chi connectivity index (χ3n) is 1.99. The van der Waals surface area contributed by atoms with Crippen molar-refractivity contribution in [2.24, 2.45) is 5.92 Å². The van der Waals surface area contributed by atoms with Gasteiger partial charge < -0.3 is 5.32 Å². The Morgan fingerprint density at radius 2 is 2.29 bits per heavy atom. The maximum Gasteiger partial charge on any atom is 0.220 e. The zero-order valence-electron chi connectivity index (χ0n) is 9.01. The van der Waals surface area contributed by atoms with Gasteiger partial charge in [0.25, 0.3) is 0 Å². The monoisotopic (exact) mass is 237 g/mol. The zero-order valence-corrected chi connectivity index (χ0v) is 10.6. The van der Waals surface area contributed by atoms with Crippen molar-refractivity contribution in [2.75, 3.05) is 24.4 Å². The van der Waals surface area contributed by atoms with Gasteiger partial charge in [-0.2, -0.15) is 11.8 Å². The first-order valence-electron chi connectivity index (χ1n) is 5.02. The number of alkyl halides is 1. The summed E-state index contributed by atoms with van der Waals surface area (Å²) in [5.74, 6) is 2.34. The first kappa shape index (κ1) is 14.1. The molecule has 0 heterocycles. The van der Waals surface area contributed by atoms with Crippen LogP contribution in [0.15, 0.2) is 0 Å². The predicted molar refractivity (Wildman–Crippen MR) is 65.1 cm³/mol. The fraction of sp³-hybridized carbons (Fsp3) is 0.900. The molecule has 1 amide bonds. The quantitative estimate of drug-likeness (QED) is 0.519. The summed E-state index contributed by atoms with van der Waals surface area (Å²) in [7, 11) is 0. The highest BCUT2D eigenvalue weighted by atomic mass is 35.5. The third kappa shape index (κ3) is 8.70. The minimum absolute atomic E-state index is 0.165. The van der Waals surface area contributed by atoms with Gasteiger partial charge in [0.2, 0.25) is 5.91 Å². The second kappa shape index (κ2) is 9.66. The molecule has 0 aliphatic carbocycles. The molecule has 0 aromatic rings. The van der Waals surface area contributed by atoms with Crippen LogP contribution in [0.1, 0.15) is 26.2 Å². The minimum Gasteiger partial charge on any atom is -0.356 e. The van der Waals surface area contributed by atoms with Crippen LogP contribution in [0.25, 0.3) is 0 Å². The van der Waals surface area contributed by atoms with Crippen LogP contribution in [0.2, 0.25) is 0 Å².